The summed E-state index contributed by atoms with van der Waals surface area (Å²) in [6.07, 6.45) is -3.41. The molecule has 0 radical (unpaired) electrons. The molecule has 0 spiro atoms. The minimum absolute atomic E-state index is 0.169. The van der Waals surface area contributed by atoms with Crippen LogP contribution >= 0.6 is 11.6 Å². The summed E-state index contributed by atoms with van der Waals surface area (Å²) in [7, 11) is -1.67. The number of nitrogens with one attached hydrogen (secondary N) is 1. The van der Waals surface area contributed by atoms with Gasteiger partial charge in [0.2, 0.25) is 10.9 Å². The molecule has 0 aliphatic carbocycles. The van der Waals surface area contributed by atoms with Gasteiger partial charge in [0, 0.05) is 14.1 Å². The molecule has 1 aromatic heterocycles. The average molecular weight is 349 g/mol. The number of hydrogen-bond acceptors (Lipinski definition) is 4. The first-order valence-corrected chi connectivity index (χ1v) is 7.23. The largest absolute Gasteiger partial charge is 0.405 e. The van der Waals surface area contributed by atoms with Crippen LogP contribution in [-0.2, 0) is 21.9 Å². The zero-order valence-corrected chi connectivity index (χ0v) is 12.6. The number of hydrogen-bond donors (Lipinski definition) is 1. The molecule has 1 N–H and O–H groups in total. The van der Waals surface area contributed by atoms with Crippen molar-refractivity contribution in [1.82, 2.24) is 19.2 Å². The van der Waals surface area contributed by atoms with E-state index in [0.717, 1.165) is 13.4 Å². The summed E-state index contributed by atoms with van der Waals surface area (Å²) in [6.45, 7) is -2.32. The Morgan fingerprint density at radius 3 is 2.52 bits per heavy atom. The van der Waals surface area contributed by atoms with Crippen LogP contribution in [0.25, 0.3) is 0 Å². The smallest absolute Gasteiger partial charge is 0.346 e. The van der Waals surface area contributed by atoms with Gasteiger partial charge in [0.25, 0.3) is 10.0 Å². The third kappa shape index (κ3) is 4.58. The van der Waals surface area contributed by atoms with Crippen LogP contribution in [0.3, 0.4) is 0 Å². The molecule has 7 nitrogen and oxygen atoms in total. The zero-order chi connectivity index (χ0) is 16.4. The van der Waals surface area contributed by atoms with Crippen LogP contribution in [-0.4, -0.2) is 54.5 Å². The number of nitrogens with zero attached hydrogens (tertiary/aromatic N) is 3. The predicted octanol–water partition coefficient (Wildman–Crippen LogP) is 0.372. The number of aromatic nitrogens is 2. The van der Waals surface area contributed by atoms with E-state index in [1.54, 1.807) is 5.32 Å². The number of halogens is 4. The number of carbonyl (C=O) groups excluding carboxylic acids is 1. The van der Waals surface area contributed by atoms with Gasteiger partial charge >= 0.3 is 6.18 Å². The number of sulfonamides is 1. The fraction of sp³-hybridized carbons (Fsp3) is 0.556. The fourth-order valence-corrected chi connectivity index (χ4v) is 2.76. The van der Waals surface area contributed by atoms with Crippen LogP contribution in [0.4, 0.5) is 13.2 Å². The fourth-order valence-electron chi connectivity index (χ4n) is 1.26. The third-order valence-corrected chi connectivity index (χ3v) is 4.64. The first-order valence-electron chi connectivity index (χ1n) is 5.42. The van der Waals surface area contributed by atoms with Crippen LogP contribution < -0.4 is 5.32 Å². The molecule has 21 heavy (non-hydrogen) atoms. The van der Waals surface area contributed by atoms with Gasteiger partial charge in [-0.3, -0.25) is 4.79 Å². The van der Waals surface area contributed by atoms with E-state index in [-0.39, 0.29) is 5.15 Å². The Balaban J connectivity index is 2.77. The van der Waals surface area contributed by atoms with E-state index in [4.69, 9.17) is 11.6 Å². The number of alkyl halides is 3. The highest BCUT2D eigenvalue weighted by molar-refractivity contribution is 7.89. The highest BCUT2D eigenvalue weighted by Gasteiger charge is 2.31. The molecule has 0 fully saturated rings. The molecule has 0 aromatic carbocycles. The van der Waals surface area contributed by atoms with Gasteiger partial charge in [-0.25, -0.2) is 13.4 Å². The Hall–Kier alpha value is -1.33. The van der Waals surface area contributed by atoms with Crippen molar-refractivity contribution in [1.29, 1.82) is 0 Å². The van der Waals surface area contributed by atoms with E-state index in [0.29, 0.717) is 4.31 Å². The van der Waals surface area contributed by atoms with Crippen molar-refractivity contribution in [2.45, 2.75) is 11.2 Å². The van der Waals surface area contributed by atoms with Crippen molar-refractivity contribution < 1.29 is 26.4 Å². The lowest BCUT2D eigenvalue weighted by atomic mass is 10.5. The molecule has 1 amide bonds. The van der Waals surface area contributed by atoms with E-state index < -0.39 is 40.2 Å². The molecule has 1 heterocycles. The lowest BCUT2D eigenvalue weighted by molar-refractivity contribution is -0.138. The molecular formula is C9H12ClF3N4O3S. The summed E-state index contributed by atoms with van der Waals surface area (Å²) < 4.78 is 61.7. The number of amides is 1. The van der Waals surface area contributed by atoms with Crippen LogP contribution in [0.2, 0.25) is 5.15 Å². The van der Waals surface area contributed by atoms with Crippen molar-refractivity contribution in [2.75, 3.05) is 20.1 Å². The maximum atomic E-state index is 12.1. The normalized spacial score (nSPS) is 12.7. The highest BCUT2D eigenvalue weighted by Crippen LogP contribution is 2.21. The summed E-state index contributed by atoms with van der Waals surface area (Å²) >= 11 is 5.74. The number of imidazole rings is 1. The average Bonchev–Trinajstić information content (AvgIpc) is 2.67. The molecule has 12 heteroatoms. The second-order valence-electron chi connectivity index (χ2n) is 4.10. The van der Waals surface area contributed by atoms with Crippen LogP contribution in [0.15, 0.2) is 11.4 Å². The quantitative estimate of drug-likeness (QED) is 0.833. The van der Waals surface area contributed by atoms with E-state index in [1.165, 1.54) is 11.6 Å². The minimum Gasteiger partial charge on any atom is -0.346 e. The number of aryl methyl sites for hydroxylation is 1. The van der Waals surface area contributed by atoms with Gasteiger partial charge in [-0.05, 0) is 0 Å². The summed E-state index contributed by atoms with van der Waals surface area (Å²) in [4.78, 5) is 14.9. The summed E-state index contributed by atoms with van der Waals surface area (Å²) in [5.41, 5.74) is 0. The molecule has 0 atom stereocenters. The summed E-state index contributed by atoms with van der Waals surface area (Å²) in [5.74, 6) is -1.09. The van der Waals surface area contributed by atoms with Gasteiger partial charge < -0.3 is 9.88 Å². The molecular weight excluding hydrogens is 337 g/mol. The van der Waals surface area contributed by atoms with Gasteiger partial charge in [-0.1, -0.05) is 11.6 Å². The van der Waals surface area contributed by atoms with Gasteiger partial charge in [0.05, 0.1) is 12.9 Å². The molecule has 0 saturated carbocycles. The molecule has 1 aromatic rings. The standard InChI is InChI=1S/C9H12ClF3N4O3S/c1-16-5-15-8(7(16)10)21(19,20)17(2)3-6(18)14-4-9(11,12)13/h5H,3-4H2,1-2H3,(H,14,18). The lowest BCUT2D eigenvalue weighted by Gasteiger charge is -2.16. The van der Waals surface area contributed by atoms with Crippen molar-refractivity contribution in [3.63, 3.8) is 0 Å². The molecule has 0 saturated heterocycles. The molecule has 120 valence electrons. The Morgan fingerprint density at radius 2 is 2.10 bits per heavy atom. The Morgan fingerprint density at radius 1 is 1.52 bits per heavy atom. The molecule has 0 bridgehead atoms. The van der Waals surface area contributed by atoms with Crippen LogP contribution in [0.1, 0.15) is 0 Å². The second-order valence-corrected chi connectivity index (χ2v) is 6.42. The Bertz CT molecular complexity index is 629. The predicted molar refractivity (Wildman–Crippen MR) is 67.1 cm³/mol. The maximum absolute atomic E-state index is 12.1. The van der Waals surface area contributed by atoms with Crippen molar-refractivity contribution in [3.05, 3.63) is 11.5 Å². The minimum atomic E-state index is -4.57. The zero-order valence-electron chi connectivity index (χ0n) is 11.0. The number of carbonyl (C=O) groups is 1. The van der Waals surface area contributed by atoms with Gasteiger partial charge in [0.1, 0.15) is 11.7 Å². The lowest BCUT2D eigenvalue weighted by Crippen LogP contribution is -2.41. The first kappa shape index (κ1) is 17.7. The highest BCUT2D eigenvalue weighted by atomic mass is 35.5. The van der Waals surface area contributed by atoms with E-state index in [9.17, 15) is 26.4 Å². The van der Waals surface area contributed by atoms with Crippen molar-refractivity contribution >= 4 is 27.5 Å². The SMILES string of the molecule is CN(CC(=O)NCC(F)(F)F)S(=O)(=O)c1ncn(C)c1Cl. The summed E-state index contributed by atoms with van der Waals surface area (Å²) in [6, 6.07) is 0. The molecule has 0 aliphatic heterocycles. The number of rotatable bonds is 5. The van der Waals surface area contributed by atoms with Gasteiger partial charge in [-0.2, -0.15) is 17.5 Å². The maximum Gasteiger partial charge on any atom is 0.405 e. The molecule has 0 unspecified atom stereocenters. The first-order chi connectivity index (χ1) is 9.45. The second kappa shape index (κ2) is 6.20. The van der Waals surface area contributed by atoms with Crippen molar-refractivity contribution in [3.8, 4) is 0 Å². The van der Waals surface area contributed by atoms with E-state index in [2.05, 4.69) is 4.98 Å². The molecule has 1 rings (SSSR count). The summed E-state index contributed by atoms with van der Waals surface area (Å²) in [5, 5.41) is 0.925. The van der Waals surface area contributed by atoms with Gasteiger partial charge in [0.15, 0.2) is 0 Å². The Labute approximate surface area is 123 Å². The van der Waals surface area contributed by atoms with Gasteiger partial charge in [-0.15, -0.1) is 0 Å². The monoisotopic (exact) mass is 348 g/mol. The third-order valence-electron chi connectivity index (χ3n) is 2.34. The van der Waals surface area contributed by atoms with Crippen LogP contribution in [0, 0.1) is 0 Å². The topological polar surface area (TPSA) is 84.3 Å². The van der Waals surface area contributed by atoms with E-state index >= 15 is 0 Å². The molecule has 0 aliphatic rings. The number of likely N-dealkylation sites (N-methyl/N-ethyl adjacent to an activating group) is 1. The van der Waals surface area contributed by atoms with Crippen LogP contribution in [0.5, 0.6) is 0 Å². The van der Waals surface area contributed by atoms with E-state index in [1.807, 2.05) is 0 Å². The Kier molecular flexibility index (Phi) is 5.23. The van der Waals surface area contributed by atoms with Crippen molar-refractivity contribution in [2.24, 2.45) is 7.05 Å².